The molecule has 0 bridgehead atoms. The number of rotatable bonds is 6. The Kier molecular flexibility index (Phi) is 8.03. The van der Waals surface area contributed by atoms with Gasteiger partial charge in [0.15, 0.2) is 0 Å². The Morgan fingerprint density at radius 1 is 1.15 bits per heavy atom. The second-order valence-corrected chi connectivity index (χ2v) is 9.47. The normalized spacial score (nSPS) is 18.2. The third-order valence-corrected chi connectivity index (χ3v) is 6.11. The van der Waals surface area contributed by atoms with Crippen LogP contribution in [-0.2, 0) is 4.79 Å². The molecule has 0 spiro atoms. The molecule has 0 atom stereocenters. The molecule has 1 amide bonds. The predicted molar refractivity (Wildman–Crippen MR) is 142 cm³/mol. The minimum atomic E-state index is -0.149. The number of aliphatic imine (C=N–C) groups is 1. The van der Waals surface area contributed by atoms with Crippen molar-refractivity contribution in [2.45, 2.75) is 53.9 Å². The van der Waals surface area contributed by atoms with Gasteiger partial charge >= 0.3 is 0 Å². The van der Waals surface area contributed by atoms with Crippen LogP contribution in [0.4, 0.5) is 5.69 Å². The van der Waals surface area contributed by atoms with Gasteiger partial charge in [-0.15, -0.1) is 0 Å². The molecule has 1 aliphatic carbocycles. The first-order chi connectivity index (χ1) is 15.7. The van der Waals surface area contributed by atoms with Crippen LogP contribution in [0.1, 0.15) is 65.0 Å². The molecule has 0 fully saturated rings. The minimum absolute atomic E-state index is 0.149. The summed E-state index contributed by atoms with van der Waals surface area (Å²) in [5.74, 6) is 2.70. The van der Waals surface area contributed by atoms with Crippen LogP contribution in [0.2, 0.25) is 0 Å². The van der Waals surface area contributed by atoms with Gasteiger partial charge in [0.2, 0.25) is 5.91 Å². The molecule has 1 aromatic rings. The summed E-state index contributed by atoms with van der Waals surface area (Å²) in [6, 6.07) is 5.77. The first-order valence-electron chi connectivity index (χ1n) is 11.6. The van der Waals surface area contributed by atoms with Crippen LogP contribution in [0.25, 0.3) is 12.2 Å². The fraction of sp³-hybridized carbons (Fsp3) is 0.300. The zero-order valence-corrected chi connectivity index (χ0v) is 20.4. The van der Waals surface area contributed by atoms with E-state index in [1.54, 1.807) is 12.3 Å². The lowest BCUT2D eigenvalue weighted by atomic mass is 9.72. The molecule has 1 heterocycles. The summed E-state index contributed by atoms with van der Waals surface area (Å²) in [5, 5.41) is 2.93. The fourth-order valence-electron chi connectivity index (χ4n) is 4.26. The lowest BCUT2D eigenvalue weighted by Gasteiger charge is -2.32. The summed E-state index contributed by atoms with van der Waals surface area (Å²) in [4.78, 5) is 16.4. The van der Waals surface area contributed by atoms with Gasteiger partial charge in [-0.25, -0.2) is 4.99 Å². The average molecular weight is 439 g/mol. The first kappa shape index (κ1) is 24.2. The number of carbonyl (C=O) groups excluding carboxylic acids is 1. The number of hydrogen-bond acceptors (Lipinski definition) is 2. The van der Waals surface area contributed by atoms with Crippen LogP contribution in [-0.4, -0.2) is 11.8 Å². The van der Waals surface area contributed by atoms with Crippen LogP contribution >= 0.6 is 0 Å². The van der Waals surface area contributed by atoms with Crippen molar-refractivity contribution < 1.29 is 4.79 Å². The maximum atomic E-state index is 12.4. The van der Waals surface area contributed by atoms with Crippen LogP contribution in [0.3, 0.4) is 0 Å². The van der Waals surface area contributed by atoms with Crippen LogP contribution in [0.15, 0.2) is 88.1 Å². The highest BCUT2D eigenvalue weighted by Crippen LogP contribution is 2.40. The lowest BCUT2D eigenvalue weighted by Crippen LogP contribution is -2.19. The molecule has 33 heavy (non-hydrogen) atoms. The fourth-order valence-corrected chi connectivity index (χ4v) is 4.26. The number of fused-ring (bicyclic) bond motifs is 1. The van der Waals surface area contributed by atoms with Gasteiger partial charge < -0.3 is 5.32 Å². The standard InChI is InChI=1S/C30H34N2O/c1-22(11-14-28-24(3)10-7-17-30(28,4)5)8-6-9-23(2)20-29(33)32-27-13-12-25-15-18-31-19-16-26(25)21-27/h6,8-9,11-16,19-21H,7,10,17H2,1-5H3,(H,32,33). The zero-order chi connectivity index (χ0) is 23.8. The number of benzene rings is 1. The van der Waals surface area contributed by atoms with E-state index in [2.05, 4.69) is 62.1 Å². The largest absolute Gasteiger partial charge is 0.322 e. The van der Waals surface area contributed by atoms with Crippen molar-refractivity contribution in [1.29, 1.82) is 0 Å². The van der Waals surface area contributed by atoms with Crippen molar-refractivity contribution in [2.75, 3.05) is 5.32 Å². The number of nitrogens with zero attached hydrogens (tertiary/aromatic N) is 1. The first-order valence-corrected chi connectivity index (χ1v) is 11.6. The molecule has 1 aromatic carbocycles. The SMILES string of the molecule is CC(C=CC1=C(C)CCCC1(C)C)=CC=CC(C)=CC(=O)Nc1ccc2c(c1)C=CN=C=C2. The summed E-state index contributed by atoms with van der Waals surface area (Å²) in [7, 11) is 0. The molecule has 0 unspecified atom stereocenters. The Labute approximate surface area is 198 Å². The van der Waals surface area contributed by atoms with E-state index in [-0.39, 0.29) is 11.3 Å². The molecule has 2 aliphatic rings. The van der Waals surface area contributed by atoms with Gasteiger partial charge in [-0.2, -0.15) is 0 Å². The topological polar surface area (TPSA) is 41.5 Å². The molecule has 1 N–H and O–H groups in total. The Morgan fingerprint density at radius 2 is 1.97 bits per heavy atom. The highest BCUT2D eigenvalue weighted by Gasteiger charge is 2.26. The van der Waals surface area contributed by atoms with Gasteiger partial charge in [-0.3, -0.25) is 4.79 Å². The van der Waals surface area contributed by atoms with Crippen molar-refractivity contribution in [1.82, 2.24) is 0 Å². The zero-order valence-electron chi connectivity index (χ0n) is 20.4. The average Bonchev–Trinajstić information content (AvgIpc) is 2.97. The van der Waals surface area contributed by atoms with Gasteiger partial charge in [0.1, 0.15) is 0 Å². The molecule has 0 saturated carbocycles. The summed E-state index contributed by atoms with van der Waals surface area (Å²) in [6.45, 7) is 11.0. The smallest absolute Gasteiger partial charge is 0.248 e. The monoisotopic (exact) mass is 438 g/mol. The molecule has 170 valence electrons. The van der Waals surface area contributed by atoms with E-state index in [9.17, 15) is 4.79 Å². The highest BCUT2D eigenvalue weighted by molar-refractivity contribution is 6.00. The van der Waals surface area contributed by atoms with Gasteiger partial charge in [0.05, 0.1) is 0 Å². The number of hydrogen-bond donors (Lipinski definition) is 1. The lowest BCUT2D eigenvalue weighted by molar-refractivity contribution is -0.111. The molecule has 3 rings (SSSR count). The second kappa shape index (κ2) is 10.9. The van der Waals surface area contributed by atoms with Crippen molar-refractivity contribution in [2.24, 2.45) is 10.4 Å². The van der Waals surface area contributed by atoms with Gasteiger partial charge in [0.25, 0.3) is 0 Å². The molecular formula is C30H34N2O. The highest BCUT2D eigenvalue weighted by atomic mass is 16.1. The van der Waals surface area contributed by atoms with Gasteiger partial charge in [-0.05, 0) is 91.8 Å². The Balaban J connectivity index is 1.59. The summed E-state index contributed by atoms with van der Waals surface area (Å²) >= 11 is 0. The Morgan fingerprint density at radius 3 is 2.76 bits per heavy atom. The molecule has 0 aromatic heterocycles. The number of anilines is 1. The molecular weight excluding hydrogens is 404 g/mol. The quantitative estimate of drug-likeness (QED) is 0.357. The van der Waals surface area contributed by atoms with Gasteiger partial charge in [-0.1, -0.05) is 61.4 Å². The summed E-state index contributed by atoms with van der Waals surface area (Å²) < 4.78 is 0. The third kappa shape index (κ3) is 7.03. The number of allylic oxidation sites excluding steroid dienone is 9. The van der Waals surface area contributed by atoms with Crippen molar-refractivity contribution in [3.05, 3.63) is 94.3 Å². The van der Waals surface area contributed by atoms with Crippen LogP contribution in [0, 0.1) is 5.41 Å². The van der Waals surface area contributed by atoms with Crippen LogP contribution < -0.4 is 5.32 Å². The molecule has 1 aliphatic heterocycles. The van der Waals surface area contributed by atoms with E-state index in [1.807, 2.05) is 49.4 Å². The van der Waals surface area contributed by atoms with E-state index >= 15 is 0 Å². The Hall–Kier alpha value is -3.42. The molecule has 0 saturated heterocycles. The molecule has 3 heteroatoms. The number of nitrogens with one attached hydrogen (secondary N) is 1. The number of amides is 1. The van der Waals surface area contributed by atoms with E-state index in [4.69, 9.17) is 0 Å². The summed E-state index contributed by atoms with van der Waals surface area (Å²) in [5.41, 5.74) is 8.07. The minimum Gasteiger partial charge on any atom is -0.322 e. The van der Waals surface area contributed by atoms with Crippen LogP contribution in [0.5, 0.6) is 0 Å². The molecule has 0 radical (unpaired) electrons. The van der Waals surface area contributed by atoms with Crippen molar-refractivity contribution >= 4 is 29.6 Å². The maximum absolute atomic E-state index is 12.4. The van der Waals surface area contributed by atoms with E-state index in [0.29, 0.717) is 0 Å². The van der Waals surface area contributed by atoms with E-state index < -0.39 is 0 Å². The van der Waals surface area contributed by atoms with Crippen molar-refractivity contribution in [3.8, 4) is 0 Å². The third-order valence-electron chi connectivity index (χ3n) is 6.11. The maximum Gasteiger partial charge on any atom is 0.248 e. The second-order valence-electron chi connectivity index (χ2n) is 9.47. The Bertz CT molecular complexity index is 1160. The molecule has 3 nitrogen and oxygen atoms in total. The van der Waals surface area contributed by atoms with Crippen molar-refractivity contribution in [3.63, 3.8) is 0 Å². The number of carbonyl (C=O) groups is 1. The predicted octanol–water partition coefficient (Wildman–Crippen LogP) is 7.82. The summed E-state index contributed by atoms with van der Waals surface area (Å²) in [6.07, 6.45) is 21.2. The van der Waals surface area contributed by atoms with E-state index in [0.717, 1.165) is 22.4 Å². The van der Waals surface area contributed by atoms with Gasteiger partial charge in [0, 0.05) is 24.0 Å². The van der Waals surface area contributed by atoms with E-state index in [1.165, 1.54) is 36.0 Å².